The molecule has 2 aromatic heterocycles. The molecule has 0 saturated heterocycles. The fourth-order valence-corrected chi connectivity index (χ4v) is 3.46. The van der Waals surface area contributed by atoms with Crippen molar-refractivity contribution in [3.8, 4) is 0 Å². The molecule has 0 radical (unpaired) electrons. The third kappa shape index (κ3) is 2.28. The van der Waals surface area contributed by atoms with Crippen LogP contribution in [0.25, 0.3) is 5.65 Å². The van der Waals surface area contributed by atoms with Gasteiger partial charge in [0.1, 0.15) is 5.65 Å². The van der Waals surface area contributed by atoms with Gasteiger partial charge in [0.05, 0.1) is 5.56 Å². The first kappa shape index (κ1) is 14.5. The Hall–Kier alpha value is -2.09. The second-order valence-electron chi connectivity index (χ2n) is 6.53. The number of pyridine rings is 1. The Kier molecular flexibility index (Phi) is 2.82. The van der Waals surface area contributed by atoms with Crippen molar-refractivity contribution in [2.24, 2.45) is 11.1 Å². The van der Waals surface area contributed by atoms with Crippen LogP contribution in [-0.2, 0) is 6.18 Å². The van der Waals surface area contributed by atoms with E-state index in [0.717, 1.165) is 25.5 Å². The summed E-state index contributed by atoms with van der Waals surface area (Å²) in [6.07, 6.45) is 0.451. The largest absolute Gasteiger partial charge is 0.434 e. The lowest BCUT2D eigenvalue weighted by Gasteiger charge is -2.37. The van der Waals surface area contributed by atoms with Gasteiger partial charge < -0.3 is 15.5 Å². The molecule has 1 amide bonds. The van der Waals surface area contributed by atoms with Gasteiger partial charge in [0.25, 0.3) is 5.91 Å². The molecule has 2 saturated carbocycles. The van der Waals surface area contributed by atoms with Gasteiger partial charge in [0.15, 0.2) is 5.69 Å². The Bertz CT molecular complexity index is 792. The Morgan fingerprint density at radius 2 is 2.09 bits per heavy atom. The third-order valence-corrected chi connectivity index (χ3v) is 4.91. The minimum atomic E-state index is -4.54. The summed E-state index contributed by atoms with van der Waals surface area (Å²) in [6.45, 7) is 0. The van der Waals surface area contributed by atoms with Crippen LogP contribution in [0.4, 0.5) is 13.2 Å². The number of amides is 1. The van der Waals surface area contributed by atoms with E-state index in [1.54, 1.807) is 0 Å². The topological polar surface area (TPSA) is 72.4 Å². The van der Waals surface area contributed by atoms with Crippen molar-refractivity contribution in [2.45, 2.75) is 37.5 Å². The number of nitrogens with two attached hydrogens (primary N) is 1. The van der Waals surface area contributed by atoms with Gasteiger partial charge in [0, 0.05) is 24.5 Å². The first-order chi connectivity index (χ1) is 10.8. The summed E-state index contributed by atoms with van der Waals surface area (Å²) in [4.78, 5) is 15.9. The van der Waals surface area contributed by atoms with Gasteiger partial charge in [-0.3, -0.25) is 4.79 Å². The molecule has 2 aliphatic rings. The second kappa shape index (κ2) is 4.47. The number of hydrogen-bond donors (Lipinski definition) is 2. The zero-order chi connectivity index (χ0) is 16.4. The van der Waals surface area contributed by atoms with E-state index in [9.17, 15) is 18.0 Å². The van der Waals surface area contributed by atoms with E-state index in [1.807, 2.05) is 0 Å². The zero-order valence-corrected chi connectivity index (χ0v) is 12.1. The van der Waals surface area contributed by atoms with E-state index in [0.29, 0.717) is 0 Å². The van der Waals surface area contributed by atoms with Crippen LogP contribution < -0.4 is 11.1 Å². The minimum Gasteiger partial charge on any atom is -0.349 e. The average Bonchev–Trinajstić information content (AvgIpc) is 2.92. The maximum atomic E-state index is 12.8. The smallest absolute Gasteiger partial charge is 0.349 e. The molecule has 2 aliphatic carbocycles. The molecule has 122 valence electrons. The van der Waals surface area contributed by atoms with Gasteiger partial charge in [-0.1, -0.05) is 0 Å². The Morgan fingerprint density at radius 3 is 2.70 bits per heavy atom. The SMILES string of the molecule is NC1CC12CC(NC(=O)c1cccn3cc(C(F)(F)F)nc13)C2. The van der Waals surface area contributed by atoms with E-state index in [2.05, 4.69) is 10.3 Å². The number of fused-ring (bicyclic) bond motifs is 1. The Morgan fingerprint density at radius 1 is 1.39 bits per heavy atom. The van der Waals surface area contributed by atoms with Crippen molar-refractivity contribution >= 4 is 11.6 Å². The number of imidazole rings is 1. The molecule has 8 heteroatoms. The van der Waals surface area contributed by atoms with Crippen LogP contribution in [-0.4, -0.2) is 27.4 Å². The summed E-state index contributed by atoms with van der Waals surface area (Å²) in [6, 6.07) is 3.27. The number of halogens is 3. The van der Waals surface area contributed by atoms with E-state index in [1.165, 1.54) is 22.7 Å². The normalized spacial score (nSPS) is 29.6. The van der Waals surface area contributed by atoms with Crippen LogP contribution >= 0.6 is 0 Å². The molecule has 2 aromatic rings. The average molecular weight is 324 g/mol. The third-order valence-electron chi connectivity index (χ3n) is 4.91. The molecule has 23 heavy (non-hydrogen) atoms. The molecule has 4 rings (SSSR count). The summed E-state index contributed by atoms with van der Waals surface area (Å²) in [5.41, 5.74) is 5.19. The molecule has 5 nitrogen and oxygen atoms in total. The maximum absolute atomic E-state index is 12.8. The Balaban J connectivity index is 1.56. The first-order valence-corrected chi connectivity index (χ1v) is 7.40. The highest BCUT2D eigenvalue weighted by atomic mass is 19.4. The number of carbonyl (C=O) groups excluding carboxylic acids is 1. The highest BCUT2D eigenvalue weighted by molar-refractivity contribution is 6.00. The van der Waals surface area contributed by atoms with Crippen molar-refractivity contribution in [3.05, 3.63) is 35.8 Å². The highest BCUT2D eigenvalue weighted by Crippen LogP contribution is 2.59. The summed E-state index contributed by atoms with van der Waals surface area (Å²) < 4.78 is 39.5. The number of carbonyl (C=O) groups is 1. The number of aromatic nitrogens is 2. The fraction of sp³-hybridized carbons (Fsp3) is 0.467. The van der Waals surface area contributed by atoms with E-state index < -0.39 is 17.8 Å². The van der Waals surface area contributed by atoms with E-state index in [4.69, 9.17) is 5.73 Å². The lowest BCUT2D eigenvalue weighted by molar-refractivity contribution is -0.140. The summed E-state index contributed by atoms with van der Waals surface area (Å²) in [7, 11) is 0. The number of alkyl halides is 3. The summed E-state index contributed by atoms with van der Waals surface area (Å²) >= 11 is 0. The van der Waals surface area contributed by atoms with Gasteiger partial charge in [-0.2, -0.15) is 13.2 Å². The zero-order valence-electron chi connectivity index (χ0n) is 12.1. The van der Waals surface area contributed by atoms with E-state index >= 15 is 0 Å². The van der Waals surface area contributed by atoms with Crippen LogP contribution in [0.5, 0.6) is 0 Å². The van der Waals surface area contributed by atoms with Crippen LogP contribution in [0.3, 0.4) is 0 Å². The van der Waals surface area contributed by atoms with Crippen LogP contribution in [0, 0.1) is 5.41 Å². The van der Waals surface area contributed by atoms with Gasteiger partial charge in [0.2, 0.25) is 0 Å². The van der Waals surface area contributed by atoms with Crippen LogP contribution in [0.2, 0.25) is 0 Å². The standard InChI is InChI=1S/C15H15F3N4O/c16-15(17,18)11-7-22-3-1-2-9(12(22)21-11)13(23)20-8-4-14(5-8)6-10(14)19/h1-3,7-8,10H,4-6,19H2,(H,20,23). The maximum Gasteiger partial charge on any atom is 0.434 e. The molecular formula is C15H15F3N4O. The molecule has 2 heterocycles. The molecule has 1 atom stereocenters. The van der Waals surface area contributed by atoms with Gasteiger partial charge in [-0.05, 0) is 36.8 Å². The second-order valence-corrected chi connectivity index (χ2v) is 6.53. The fourth-order valence-electron chi connectivity index (χ4n) is 3.46. The van der Waals surface area contributed by atoms with Gasteiger partial charge in [-0.25, -0.2) is 4.98 Å². The van der Waals surface area contributed by atoms with Crippen LogP contribution in [0.1, 0.15) is 35.3 Å². The Labute approximate surface area is 129 Å². The van der Waals surface area contributed by atoms with E-state index in [-0.39, 0.29) is 28.7 Å². The molecular weight excluding hydrogens is 309 g/mol. The van der Waals surface area contributed by atoms with Crippen molar-refractivity contribution in [2.75, 3.05) is 0 Å². The number of hydrogen-bond acceptors (Lipinski definition) is 3. The van der Waals surface area contributed by atoms with Gasteiger partial charge in [-0.15, -0.1) is 0 Å². The number of nitrogens with zero attached hydrogens (tertiary/aromatic N) is 2. The molecule has 1 spiro atoms. The molecule has 0 bridgehead atoms. The summed E-state index contributed by atoms with van der Waals surface area (Å²) in [5.74, 6) is -0.399. The monoisotopic (exact) mass is 324 g/mol. The molecule has 0 aliphatic heterocycles. The van der Waals surface area contributed by atoms with Crippen molar-refractivity contribution in [1.29, 1.82) is 0 Å². The molecule has 2 fully saturated rings. The van der Waals surface area contributed by atoms with Crippen molar-refractivity contribution < 1.29 is 18.0 Å². The lowest BCUT2D eigenvalue weighted by Crippen LogP contribution is -2.47. The molecule has 0 aromatic carbocycles. The number of rotatable bonds is 2. The molecule has 1 unspecified atom stereocenters. The van der Waals surface area contributed by atoms with Gasteiger partial charge >= 0.3 is 6.18 Å². The lowest BCUT2D eigenvalue weighted by atomic mass is 9.76. The number of nitrogens with one attached hydrogen (secondary N) is 1. The first-order valence-electron chi connectivity index (χ1n) is 7.40. The van der Waals surface area contributed by atoms with Crippen LogP contribution in [0.15, 0.2) is 24.5 Å². The minimum absolute atomic E-state index is 0.00878. The predicted octanol–water partition coefficient (Wildman–Crippen LogP) is 1.96. The highest BCUT2D eigenvalue weighted by Gasteiger charge is 2.60. The van der Waals surface area contributed by atoms with Crippen molar-refractivity contribution in [3.63, 3.8) is 0 Å². The summed E-state index contributed by atoms with van der Waals surface area (Å²) in [5, 5.41) is 2.86. The molecule has 3 N–H and O–H groups in total. The van der Waals surface area contributed by atoms with Crippen molar-refractivity contribution in [1.82, 2.24) is 14.7 Å². The predicted molar refractivity (Wildman–Crippen MR) is 75.7 cm³/mol. The quantitative estimate of drug-likeness (QED) is 0.887.